The molecular weight excluding hydrogens is 284 g/mol. The number of carboxylic acid groups (broad SMARTS) is 1. The quantitative estimate of drug-likeness (QED) is 0.676. The predicted molar refractivity (Wildman–Crippen MR) is 80.5 cm³/mol. The number of carboxylic acids is 1. The first-order valence-corrected chi connectivity index (χ1v) is 8.04. The van der Waals surface area contributed by atoms with Crippen LogP contribution in [0.1, 0.15) is 30.6 Å². The standard InChI is InChI=1S/C12H18N2O3S2/c1-3-18-6-4-8(2)13-12(17)14-10-9(11(15)16)5-7-19-10/h5,7-8H,3-4,6H2,1-2H3,(H,15,16)(H2,13,14,17). The Labute approximate surface area is 120 Å². The molecule has 0 saturated heterocycles. The van der Waals surface area contributed by atoms with Crippen LogP contribution in [0.15, 0.2) is 11.4 Å². The average Bonchev–Trinajstić information content (AvgIpc) is 2.77. The van der Waals surface area contributed by atoms with E-state index in [-0.39, 0.29) is 17.6 Å². The lowest BCUT2D eigenvalue weighted by Crippen LogP contribution is -2.36. The van der Waals surface area contributed by atoms with Crippen molar-refractivity contribution in [2.75, 3.05) is 16.8 Å². The second-order valence-corrected chi connectivity index (χ2v) is 6.26. The molecule has 1 aromatic rings. The smallest absolute Gasteiger partial charge is 0.338 e. The van der Waals surface area contributed by atoms with Crippen LogP contribution in [0.3, 0.4) is 0 Å². The van der Waals surface area contributed by atoms with Crippen molar-refractivity contribution in [3.63, 3.8) is 0 Å². The van der Waals surface area contributed by atoms with Crippen LogP contribution in [0, 0.1) is 0 Å². The molecule has 1 rings (SSSR count). The Morgan fingerprint density at radius 3 is 2.89 bits per heavy atom. The van der Waals surface area contributed by atoms with Crippen molar-refractivity contribution in [1.29, 1.82) is 0 Å². The number of anilines is 1. The molecule has 0 aliphatic heterocycles. The highest BCUT2D eigenvalue weighted by molar-refractivity contribution is 7.99. The van der Waals surface area contributed by atoms with Crippen molar-refractivity contribution >= 4 is 40.1 Å². The molecule has 5 nitrogen and oxygen atoms in total. The number of carbonyl (C=O) groups is 2. The monoisotopic (exact) mass is 302 g/mol. The molecule has 1 heterocycles. The van der Waals surface area contributed by atoms with E-state index in [9.17, 15) is 9.59 Å². The minimum absolute atomic E-state index is 0.0623. The van der Waals surface area contributed by atoms with Gasteiger partial charge in [-0.25, -0.2) is 9.59 Å². The molecule has 3 N–H and O–H groups in total. The average molecular weight is 302 g/mol. The molecule has 0 aliphatic rings. The molecule has 1 atom stereocenters. The van der Waals surface area contributed by atoms with Gasteiger partial charge in [0.05, 0.1) is 5.56 Å². The molecule has 2 amide bonds. The first-order chi connectivity index (χ1) is 9.04. The molecule has 19 heavy (non-hydrogen) atoms. The van der Waals surface area contributed by atoms with E-state index in [4.69, 9.17) is 5.11 Å². The summed E-state index contributed by atoms with van der Waals surface area (Å²) in [5.74, 6) is 1.02. The molecule has 0 bridgehead atoms. The maximum absolute atomic E-state index is 11.7. The highest BCUT2D eigenvalue weighted by Crippen LogP contribution is 2.22. The fraction of sp³-hybridized carbons (Fsp3) is 0.500. The number of thioether (sulfide) groups is 1. The van der Waals surface area contributed by atoms with Crippen LogP contribution >= 0.6 is 23.1 Å². The number of urea groups is 1. The minimum Gasteiger partial charge on any atom is -0.478 e. The third-order valence-corrected chi connectivity index (χ3v) is 4.16. The van der Waals surface area contributed by atoms with Gasteiger partial charge in [-0.3, -0.25) is 5.32 Å². The summed E-state index contributed by atoms with van der Waals surface area (Å²) in [5, 5.41) is 16.3. The van der Waals surface area contributed by atoms with Crippen molar-refractivity contribution in [2.45, 2.75) is 26.3 Å². The molecule has 0 aliphatic carbocycles. The van der Waals surface area contributed by atoms with Gasteiger partial charge < -0.3 is 10.4 Å². The summed E-state index contributed by atoms with van der Waals surface area (Å²) >= 11 is 3.03. The second kappa shape index (κ2) is 8.06. The maximum atomic E-state index is 11.7. The van der Waals surface area contributed by atoms with Gasteiger partial charge in [-0.15, -0.1) is 11.3 Å². The predicted octanol–water partition coefficient (Wildman–Crippen LogP) is 3.10. The van der Waals surface area contributed by atoms with Crippen LogP contribution in [0.2, 0.25) is 0 Å². The largest absolute Gasteiger partial charge is 0.478 e. The minimum atomic E-state index is -1.04. The van der Waals surface area contributed by atoms with Crippen LogP contribution < -0.4 is 10.6 Å². The number of rotatable bonds is 7. The van der Waals surface area contributed by atoms with E-state index >= 15 is 0 Å². The Morgan fingerprint density at radius 1 is 1.53 bits per heavy atom. The lowest BCUT2D eigenvalue weighted by atomic mass is 10.3. The van der Waals surface area contributed by atoms with Gasteiger partial charge in [-0.2, -0.15) is 11.8 Å². The molecule has 0 fully saturated rings. The second-order valence-electron chi connectivity index (χ2n) is 3.95. The van der Waals surface area contributed by atoms with Gasteiger partial charge in [0, 0.05) is 6.04 Å². The van der Waals surface area contributed by atoms with E-state index in [1.165, 1.54) is 17.4 Å². The summed E-state index contributed by atoms with van der Waals surface area (Å²) < 4.78 is 0. The van der Waals surface area contributed by atoms with E-state index in [1.807, 2.05) is 18.7 Å². The molecule has 1 aromatic heterocycles. The molecular formula is C12H18N2O3S2. The van der Waals surface area contributed by atoms with Crippen LogP contribution in [-0.2, 0) is 0 Å². The molecule has 1 unspecified atom stereocenters. The SMILES string of the molecule is CCSCCC(C)NC(=O)Nc1sccc1C(=O)O. The number of aromatic carboxylic acids is 1. The molecule has 106 valence electrons. The number of carbonyl (C=O) groups excluding carboxylic acids is 1. The van der Waals surface area contributed by atoms with Gasteiger partial charge in [0.1, 0.15) is 5.00 Å². The summed E-state index contributed by atoms with van der Waals surface area (Å²) in [7, 11) is 0. The van der Waals surface area contributed by atoms with Crippen molar-refractivity contribution in [3.05, 3.63) is 17.0 Å². The van der Waals surface area contributed by atoms with Gasteiger partial charge in [0.2, 0.25) is 0 Å². The molecule has 0 spiro atoms. The van der Waals surface area contributed by atoms with Crippen molar-refractivity contribution in [1.82, 2.24) is 5.32 Å². The van der Waals surface area contributed by atoms with E-state index in [0.717, 1.165) is 17.9 Å². The van der Waals surface area contributed by atoms with Crippen molar-refractivity contribution in [3.8, 4) is 0 Å². The third kappa shape index (κ3) is 5.52. The van der Waals surface area contributed by atoms with E-state index in [1.54, 1.807) is 5.38 Å². The summed E-state index contributed by atoms with van der Waals surface area (Å²) in [6.07, 6.45) is 0.891. The highest BCUT2D eigenvalue weighted by Gasteiger charge is 2.14. The molecule has 0 saturated carbocycles. The third-order valence-electron chi connectivity index (χ3n) is 2.40. The zero-order valence-electron chi connectivity index (χ0n) is 10.9. The van der Waals surface area contributed by atoms with Crippen molar-refractivity contribution < 1.29 is 14.7 Å². The fourth-order valence-electron chi connectivity index (χ4n) is 1.41. The molecule has 0 radical (unpaired) electrons. The maximum Gasteiger partial charge on any atom is 0.338 e. The van der Waals surface area contributed by atoms with Gasteiger partial charge in [0.25, 0.3) is 0 Å². The Balaban J connectivity index is 2.42. The normalized spacial score (nSPS) is 11.9. The van der Waals surface area contributed by atoms with E-state index < -0.39 is 5.97 Å². The highest BCUT2D eigenvalue weighted by atomic mass is 32.2. The number of thiophene rings is 1. The lowest BCUT2D eigenvalue weighted by molar-refractivity contribution is 0.0698. The number of hydrogen-bond donors (Lipinski definition) is 3. The first-order valence-electron chi connectivity index (χ1n) is 6.00. The molecule has 0 aromatic carbocycles. The van der Waals surface area contributed by atoms with E-state index in [2.05, 4.69) is 17.6 Å². The van der Waals surface area contributed by atoms with E-state index in [0.29, 0.717) is 5.00 Å². The summed E-state index contributed by atoms with van der Waals surface area (Å²) in [6, 6.07) is 1.18. The summed E-state index contributed by atoms with van der Waals surface area (Å²) in [5.41, 5.74) is 0.120. The Bertz CT molecular complexity index is 434. The van der Waals surface area contributed by atoms with Gasteiger partial charge >= 0.3 is 12.0 Å². The van der Waals surface area contributed by atoms with Crippen LogP contribution in [0.5, 0.6) is 0 Å². The Kier molecular flexibility index (Phi) is 6.72. The van der Waals surface area contributed by atoms with Crippen LogP contribution in [0.4, 0.5) is 9.80 Å². The van der Waals surface area contributed by atoms with Crippen LogP contribution in [-0.4, -0.2) is 34.7 Å². The number of amides is 2. The lowest BCUT2D eigenvalue weighted by Gasteiger charge is -2.14. The van der Waals surface area contributed by atoms with Crippen LogP contribution in [0.25, 0.3) is 0 Å². The number of nitrogens with one attached hydrogen (secondary N) is 2. The zero-order chi connectivity index (χ0) is 14.3. The number of hydrogen-bond acceptors (Lipinski definition) is 4. The molecule has 7 heteroatoms. The Morgan fingerprint density at radius 2 is 2.26 bits per heavy atom. The summed E-state index contributed by atoms with van der Waals surface area (Å²) in [4.78, 5) is 22.6. The Hall–Kier alpha value is -1.21. The topological polar surface area (TPSA) is 78.4 Å². The summed E-state index contributed by atoms with van der Waals surface area (Å²) in [6.45, 7) is 4.03. The van der Waals surface area contributed by atoms with Crippen molar-refractivity contribution in [2.24, 2.45) is 0 Å². The first kappa shape index (κ1) is 15.8. The zero-order valence-corrected chi connectivity index (χ0v) is 12.6. The fourth-order valence-corrected chi connectivity index (χ4v) is 3.00. The van der Waals surface area contributed by atoms with Gasteiger partial charge in [-0.1, -0.05) is 6.92 Å². The van der Waals surface area contributed by atoms with Gasteiger partial charge in [0.15, 0.2) is 0 Å². The van der Waals surface area contributed by atoms with Gasteiger partial charge in [-0.05, 0) is 36.3 Å².